The molecular formula is C22H15FS. The van der Waals surface area contributed by atoms with Crippen LogP contribution in [0.3, 0.4) is 0 Å². The molecule has 0 aliphatic heterocycles. The van der Waals surface area contributed by atoms with Crippen molar-refractivity contribution < 1.29 is 4.39 Å². The van der Waals surface area contributed by atoms with Gasteiger partial charge >= 0.3 is 0 Å². The molecule has 0 atom stereocenters. The molecule has 0 radical (unpaired) electrons. The number of hydrogen-bond acceptors (Lipinski definition) is 1. The molecule has 0 nitrogen and oxygen atoms in total. The second kappa shape index (κ2) is 6.42. The normalized spacial score (nSPS) is 10.7. The minimum absolute atomic E-state index is 0.0579. The van der Waals surface area contributed by atoms with Gasteiger partial charge in [0.1, 0.15) is 5.82 Å². The maximum atomic E-state index is 12.0. The Hall–Kier alpha value is -2.71. The highest BCUT2D eigenvalue weighted by molar-refractivity contribution is 7.14. The Kier molecular flexibility index (Phi) is 3.97. The van der Waals surface area contributed by atoms with E-state index < -0.39 is 0 Å². The molecule has 3 aromatic rings. The Morgan fingerprint density at radius 1 is 0.667 bits per heavy atom. The van der Waals surface area contributed by atoms with Gasteiger partial charge in [-0.05, 0) is 33.9 Å². The lowest BCUT2D eigenvalue weighted by Crippen LogP contribution is -1.90. The van der Waals surface area contributed by atoms with E-state index in [9.17, 15) is 4.39 Å². The van der Waals surface area contributed by atoms with Crippen LogP contribution in [0.5, 0.6) is 0 Å². The highest BCUT2D eigenvalue weighted by atomic mass is 32.1. The first kappa shape index (κ1) is 14.9. The summed E-state index contributed by atoms with van der Waals surface area (Å²) in [6, 6.07) is 28.5. The summed E-state index contributed by atoms with van der Waals surface area (Å²) in [6.45, 7) is 0. The zero-order valence-corrected chi connectivity index (χ0v) is 13.8. The van der Waals surface area contributed by atoms with Crippen LogP contribution in [0.15, 0.2) is 90.3 Å². The number of thiophene rings is 1. The summed E-state index contributed by atoms with van der Waals surface area (Å²) < 4.78 is 12.0. The molecule has 24 heavy (non-hydrogen) atoms. The fourth-order valence-corrected chi connectivity index (χ4v) is 3.64. The van der Waals surface area contributed by atoms with Crippen LogP contribution in [0, 0.1) is 16.3 Å². The summed E-state index contributed by atoms with van der Waals surface area (Å²) in [5.74, 6) is -0.0579. The molecule has 5 rings (SSSR count). The molecule has 0 fully saturated rings. The van der Waals surface area contributed by atoms with Gasteiger partial charge in [0.2, 0.25) is 0 Å². The highest BCUT2D eigenvalue weighted by Gasteiger charge is 2.07. The summed E-state index contributed by atoms with van der Waals surface area (Å²) in [7, 11) is 0. The SMILES string of the molecule is Fc1cc2ccc1=2.c1ccc(-c2ccsc2-c2ccccc2)cc1. The summed E-state index contributed by atoms with van der Waals surface area (Å²) >= 11 is 1.80. The van der Waals surface area contributed by atoms with Crippen LogP contribution in [0.2, 0.25) is 0 Å². The fraction of sp³-hybridized carbons (Fsp3) is 0. The van der Waals surface area contributed by atoms with Crippen molar-refractivity contribution in [1.29, 1.82) is 0 Å². The van der Waals surface area contributed by atoms with Gasteiger partial charge in [-0.3, -0.25) is 0 Å². The summed E-state index contributed by atoms with van der Waals surface area (Å²) in [4.78, 5) is 1.34. The van der Waals surface area contributed by atoms with E-state index in [2.05, 4.69) is 72.1 Å². The maximum Gasteiger partial charge on any atom is 0.131 e. The third-order valence-electron chi connectivity index (χ3n) is 4.07. The van der Waals surface area contributed by atoms with Crippen LogP contribution in [0.25, 0.3) is 21.6 Å². The smallest absolute Gasteiger partial charge is 0.131 e. The van der Waals surface area contributed by atoms with E-state index in [0.717, 1.165) is 10.4 Å². The van der Waals surface area contributed by atoms with E-state index in [-0.39, 0.29) is 5.82 Å². The van der Waals surface area contributed by atoms with Gasteiger partial charge in [-0.15, -0.1) is 11.3 Å². The Morgan fingerprint density at radius 2 is 1.33 bits per heavy atom. The highest BCUT2D eigenvalue weighted by Crippen LogP contribution is 2.36. The van der Waals surface area contributed by atoms with Crippen LogP contribution in [0.4, 0.5) is 4.39 Å². The van der Waals surface area contributed by atoms with Gasteiger partial charge in [0.05, 0.1) is 0 Å². The predicted molar refractivity (Wildman–Crippen MR) is 99.3 cm³/mol. The Morgan fingerprint density at radius 3 is 1.79 bits per heavy atom. The van der Waals surface area contributed by atoms with Gasteiger partial charge in [-0.1, -0.05) is 72.8 Å². The molecule has 2 aliphatic carbocycles. The lowest BCUT2D eigenvalue weighted by molar-refractivity contribution is 0.605. The molecule has 0 N–H and O–H groups in total. The number of hydrogen-bond donors (Lipinski definition) is 0. The van der Waals surface area contributed by atoms with E-state index >= 15 is 0 Å². The molecule has 0 saturated heterocycles. The minimum Gasteiger partial charge on any atom is -0.206 e. The largest absolute Gasteiger partial charge is 0.206 e. The molecule has 0 spiro atoms. The van der Waals surface area contributed by atoms with Gasteiger partial charge in [0.15, 0.2) is 0 Å². The van der Waals surface area contributed by atoms with Gasteiger partial charge in [0, 0.05) is 15.7 Å². The lowest BCUT2D eigenvalue weighted by atomic mass is 10.0. The van der Waals surface area contributed by atoms with Crippen LogP contribution in [-0.2, 0) is 0 Å². The maximum absolute atomic E-state index is 12.0. The van der Waals surface area contributed by atoms with Crippen molar-refractivity contribution in [3.8, 4) is 21.6 Å². The van der Waals surface area contributed by atoms with Gasteiger partial charge in [-0.25, -0.2) is 4.39 Å². The van der Waals surface area contributed by atoms with E-state index in [1.165, 1.54) is 27.6 Å². The van der Waals surface area contributed by atoms with Gasteiger partial charge in [-0.2, -0.15) is 0 Å². The van der Waals surface area contributed by atoms with E-state index in [4.69, 9.17) is 0 Å². The molecule has 0 unspecified atom stereocenters. The summed E-state index contributed by atoms with van der Waals surface area (Å²) in [5.41, 5.74) is 3.90. The Bertz CT molecular complexity index is 996. The topological polar surface area (TPSA) is 0 Å². The number of halogens is 1. The Balaban J connectivity index is 0.000000172. The minimum atomic E-state index is -0.0579. The quantitative estimate of drug-likeness (QED) is 0.346. The monoisotopic (exact) mass is 330 g/mol. The van der Waals surface area contributed by atoms with Crippen molar-refractivity contribution in [1.82, 2.24) is 0 Å². The molecule has 1 heterocycles. The average molecular weight is 330 g/mol. The second-order valence-corrected chi connectivity index (χ2v) is 6.51. The van der Waals surface area contributed by atoms with Crippen molar-refractivity contribution in [2.75, 3.05) is 0 Å². The van der Waals surface area contributed by atoms with Crippen LogP contribution >= 0.6 is 11.3 Å². The van der Waals surface area contributed by atoms with Crippen molar-refractivity contribution in [3.05, 3.63) is 107 Å². The molecule has 116 valence electrons. The predicted octanol–water partition coefficient (Wildman–Crippen LogP) is 6.51. The zero-order valence-electron chi connectivity index (χ0n) is 12.9. The third kappa shape index (κ3) is 2.77. The molecule has 0 amide bonds. The molecule has 2 heteroatoms. The second-order valence-electron chi connectivity index (χ2n) is 5.59. The van der Waals surface area contributed by atoms with Crippen LogP contribution in [0.1, 0.15) is 0 Å². The zero-order chi connectivity index (χ0) is 16.4. The molecular weight excluding hydrogens is 315 g/mol. The third-order valence-corrected chi connectivity index (χ3v) is 5.03. The summed E-state index contributed by atoms with van der Waals surface area (Å²) in [5, 5.41) is 4.03. The molecule has 0 bridgehead atoms. The first-order chi connectivity index (χ1) is 11.8. The molecule has 2 aromatic carbocycles. The van der Waals surface area contributed by atoms with Gasteiger partial charge in [0.25, 0.3) is 0 Å². The first-order valence-corrected chi connectivity index (χ1v) is 8.69. The molecule has 0 saturated carbocycles. The van der Waals surface area contributed by atoms with Crippen molar-refractivity contribution >= 4 is 11.3 Å². The molecule has 2 aliphatic rings. The Labute approximate surface area is 144 Å². The van der Waals surface area contributed by atoms with Crippen LogP contribution < -0.4 is 0 Å². The van der Waals surface area contributed by atoms with Crippen molar-refractivity contribution in [2.45, 2.75) is 0 Å². The first-order valence-electron chi connectivity index (χ1n) is 7.81. The van der Waals surface area contributed by atoms with E-state index in [1.54, 1.807) is 17.4 Å². The van der Waals surface area contributed by atoms with E-state index in [0.29, 0.717) is 0 Å². The average Bonchev–Trinajstić information content (AvgIpc) is 3.11. The van der Waals surface area contributed by atoms with Gasteiger partial charge < -0.3 is 0 Å². The fourth-order valence-electron chi connectivity index (χ4n) is 2.71. The van der Waals surface area contributed by atoms with E-state index in [1.807, 2.05) is 6.07 Å². The van der Waals surface area contributed by atoms with Crippen molar-refractivity contribution in [2.24, 2.45) is 0 Å². The van der Waals surface area contributed by atoms with Crippen molar-refractivity contribution in [3.63, 3.8) is 0 Å². The molecule has 1 aromatic heterocycles. The van der Waals surface area contributed by atoms with Crippen LogP contribution in [-0.4, -0.2) is 0 Å². The summed E-state index contributed by atoms with van der Waals surface area (Å²) in [6.07, 6.45) is 0. The number of benzene rings is 3. The lowest BCUT2D eigenvalue weighted by Gasteiger charge is -2.03. The standard InChI is InChI=1S/C16H12S.C6H3F/c1-3-7-13(8-4-1)15-11-12-17-16(15)14-9-5-2-6-10-14;7-6-3-4-1-2-5(4)6/h1-12H;1-3H. The number of rotatable bonds is 2.